The molecule has 0 radical (unpaired) electrons. The Morgan fingerprint density at radius 3 is 2.59 bits per heavy atom. The highest BCUT2D eigenvalue weighted by atomic mass is 35.5. The van der Waals surface area contributed by atoms with Crippen molar-refractivity contribution in [3.05, 3.63) is 62.1 Å². The monoisotopic (exact) mass is 340 g/mol. The van der Waals surface area contributed by atoms with E-state index in [4.69, 9.17) is 27.9 Å². The van der Waals surface area contributed by atoms with Crippen LogP contribution in [-0.4, -0.2) is 17.9 Å². The maximum absolute atomic E-state index is 12.2. The average molecular weight is 341 g/mol. The highest BCUT2D eigenvalue weighted by molar-refractivity contribution is 6.36. The molecule has 114 valence electrons. The van der Waals surface area contributed by atoms with Crippen molar-refractivity contribution in [2.45, 2.75) is 0 Å². The molecule has 0 heterocycles. The number of benzene rings is 2. The van der Waals surface area contributed by atoms with Crippen LogP contribution < -0.4 is 10.1 Å². The first-order valence-electron chi connectivity index (χ1n) is 6.01. The lowest BCUT2D eigenvalue weighted by atomic mass is 10.2. The Kier molecular flexibility index (Phi) is 4.85. The molecule has 2 rings (SSSR count). The maximum Gasteiger partial charge on any atom is 0.273 e. The molecule has 0 saturated heterocycles. The minimum atomic E-state index is -0.554. The molecule has 0 aromatic heterocycles. The molecule has 1 amide bonds. The van der Waals surface area contributed by atoms with E-state index in [1.807, 2.05) is 0 Å². The number of nitro benzene ring substituents is 1. The lowest BCUT2D eigenvalue weighted by molar-refractivity contribution is -0.384. The van der Waals surface area contributed by atoms with Crippen LogP contribution in [0.15, 0.2) is 36.4 Å². The fourth-order valence-corrected chi connectivity index (χ4v) is 2.13. The number of amides is 1. The fraction of sp³-hybridized carbons (Fsp3) is 0.0714. The lowest BCUT2D eigenvalue weighted by Gasteiger charge is -2.11. The van der Waals surface area contributed by atoms with Crippen molar-refractivity contribution in [3.8, 4) is 5.75 Å². The number of carbonyl (C=O) groups is 1. The Bertz CT molecular complexity index is 750. The van der Waals surface area contributed by atoms with Crippen LogP contribution in [-0.2, 0) is 0 Å². The van der Waals surface area contributed by atoms with Crippen molar-refractivity contribution < 1.29 is 14.5 Å². The molecule has 0 atom stereocenters. The van der Waals surface area contributed by atoms with Gasteiger partial charge in [0.15, 0.2) is 0 Å². The Balaban J connectivity index is 2.32. The van der Waals surface area contributed by atoms with Gasteiger partial charge in [0, 0.05) is 11.1 Å². The summed E-state index contributed by atoms with van der Waals surface area (Å²) in [5.74, 6) is -0.333. The number of methoxy groups -OCH3 is 1. The van der Waals surface area contributed by atoms with Gasteiger partial charge in [-0.25, -0.2) is 0 Å². The van der Waals surface area contributed by atoms with Gasteiger partial charge in [-0.2, -0.15) is 0 Å². The summed E-state index contributed by atoms with van der Waals surface area (Å²) in [6, 6.07) is 8.36. The van der Waals surface area contributed by atoms with Gasteiger partial charge in [0.1, 0.15) is 5.75 Å². The van der Waals surface area contributed by atoms with Gasteiger partial charge in [-0.15, -0.1) is 0 Å². The summed E-state index contributed by atoms with van der Waals surface area (Å²) in [7, 11) is 1.35. The van der Waals surface area contributed by atoms with Gasteiger partial charge in [0.25, 0.3) is 11.6 Å². The van der Waals surface area contributed by atoms with Crippen LogP contribution in [0.5, 0.6) is 5.75 Å². The van der Waals surface area contributed by atoms with Crippen LogP contribution in [0.2, 0.25) is 10.0 Å². The van der Waals surface area contributed by atoms with E-state index < -0.39 is 10.8 Å². The number of hydrogen-bond donors (Lipinski definition) is 1. The standard InChI is InChI=1S/C14H10Cl2N2O4/c1-22-13-7-9(18(20)21)3-5-12(13)17-14(19)10-6-8(15)2-4-11(10)16/h2-7H,1H3,(H,17,19). The van der Waals surface area contributed by atoms with Gasteiger partial charge in [0.2, 0.25) is 0 Å². The van der Waals surface area contributed by atoms with Gasteiger partial charge in [-0.05, 0) is 24.3 Å². The predicted octanol–water partition coefficient (Wildman–Crippen LogP) is 4.16. The molecule has 8 heteroatoms. The van der Waals surface area contributed by atoms with E-state index in [1.165, 1.54) is 37.4 Å². The number of nitrogens with zero attached hydrogens (tertiary/aromatic N) is 1. The van der Waals surface area contributed by atoms with Gasteiger partial charge >= 0.3 is 0 Å². The van der Waals surface area contributed by atoms with Crippen molar-refractivity contribution in [1.82, 2.24) is 0 Å². The van der Waals surface area contributed by atoms with E-state index in [2.05, 4.69) is 5.32 Å². The minimum absolute atomic E-state index is 0.143. The topological polar surface area (TPSA) is 81.5 Å². The Morgan fingerprint density at radius 1 is 1.23 bits per heavy atom. The summed E-state index contributed by atoms with van der Waals surface area (Å²) in [4.78, 5) is 22.4. The van der Waals surface area contributed by atoms with Crippen LogP contribution in [0, 0.1) is 10.1 Å². The average Bonchev–Trinajstić information content (AvgIpc) is 2.49. The molecule has 2 aromatic rings. The number of ether oxygens (including phenoxy) is 1. The van der Waals surface area contributed by atoms with Gasteiger partial charge in [-0.3, -0.25) is 14.9 Å². The second kappa shape index (κ2) is 6.64. The third-order valence-corrected chi connectivity index (χ3v) is 3.38. The molecule has 6 nitrogen and oxygen atoms in total. The summed E-state index contributed by atoms with van der Waals surface area (Å²) in [5, 5.41) is 13.9. The van der Waals surface area contributed by atoms with Crippen molar-refractivity contribution in [2.24, 2.45) is 0 Å². The summed E-state index contributed by atoms with van der Waals surface area (Å²) >= 11 is 11.8. The normalized spacial score (nSPS) is 10.1. The number of rotatable bonds is 4. The molecule has 0 saturated carbocycles. The molecule has 22 heavy (non-hydrogen) atoms. The summed E-state index contributed by atoms with van der Waals surface area (Å²) in [6.07, 6.45) is 0. The van der Waals surface area contributed by atoms with Gasteiger partial charge in [-0.1, -0.05) is 23.2 Å². The van der Waals surface area contributed by atoms with E-state index >= 15 is 0 Å². The zero-order valence-corrected chi connectivity index (χ0v) is 12.8. The Labute approximate surface area is 135 Å². The molecule has 2 aromatic carbocycles. The number of non-ortho nitro benzene ring substituents is 1. The molecular formula is C14H10Cl2N2O4. The highest BCUT2D eigenvalue weighted by Gasteiger charge is 2.16. The van der Waals surface area contributed by atoms with Crippen molar-refractivity contribution in [3.63, 3.8) is 0 Å². The van der Waals surface area contributed by atoms with E-state index in [-0.39, 0.29) is 27.7 Å². The number of nitro groups is 1. The molecule has 0 aliphatic carbocycles. The van der Waals surface area contributed by atoms with E-state index in [1.54, 1.807) is 6.07 Å². The van der Waals surface area contributed by atoms with Crippen LogP contribution in [0.3, 0.4) is 0 Å². The van der Waals surface area contributed by atoms with Crippen LogP contribution in [0.25, 0.3) is 0 Å². The highest BCUT2D eigenvalue weighted by Crippen LogP contribution is 2.30. The zero-order valence-electron chi connectivity index (χ0n) is 11.3. The third kappa shape index (κ3) is 3.47. The third-order valence-electron chi connectivity index (χ3n) is 2.82. The second-order valence-corrected chi connectivity index (χ2v) is 5.06. The van der Waals surface area contributed by atoms with Crippen LogP contribution >= 0.6 is 23.2 Å². The van der Waals surface area contributed by atoms with Gasteiger partial charge < -0.3 is 10.1 Å². The molecule has 0 spiro atoms. The molecule has 0 aliphatic heterocycles. The van der Waals surface area contributed by atoms with Crippen LogP contribution in [0.4, 0.5) is 11.4 Å². The Hall–Kier alpha value is -2.31. The molecular weight excluding hydrogens is 331 g/mol. The van der Waals surface area contributed by atoms with Crippen molar-refractivity contribution in [2.75, 3.05) is 12.4 Å². The maximum atomic E-state index is 12.2. The SMILES string of the molecule is COc1cc([N+](=O)[O-])ccc1NC(=O)c1cc(Cl)ccc1Cl. The molecule has 0 unspecified atom stereocenters. The largest absolute Gasteiger partial charge is 0.494 e. The predicted molar refractivity (Wildman–Crippen MR) is 84.1 cm³/mol. The fourth-order valence-electron chi connectivity index (χ4n) is 1.76. The summed E-state index contributed by atoms with van der Waals surface area (Å²) in [6.45, 7) is 0. The van der Waals surface area contributed by atoms with Crippen molar-refractivity contribution >= 4 is 40.5 Å². The molecule has 0 bridgehead atoms. The van der Waals surface area contributed by atoms with E-state index in [0.717, 1.165) is 0 Å². The summed E-state index contributed by atoms with van der Waals surface area (Å²) in [5.41, 5.74) is 0.333. The minimum Gasteiger partial charge on any atom is -0.494 e. The number of hydrogen-bond acceptors (Lipinski definition) is 4. The van der Waals surface area contributed by atoms with Crippen LogP contribution in [0.1, 0.15) is 10.4 Å². The first-order chi connectivity index (χ1) is 10.4. The number of anilines is 1. The Morgan fingerprint density at radius 2 is 1.95 bits per heavy atom. The zero-order chi connectivity index (χ0) is 16.3. The smallest absolute Gasteiger partial charge is 0.273 e. The molecule has 1 N–H and O–H groups in total. The summed E-state index contributed by atoms with van der Waals surface area (Å²) < 4.78 is 5.05. The van der Waals surface area contributed by atoms with Crippen molar-refractivity contribution in [1.29, 1.82) is 0 Å². The van der Waals surface area contributed by atoms with E-state index in [0.29, 0.717) is 5.02 Å². The molecule has 0 aliphatic rings. The first kappa shape index (κ1) is 16.1. The van der Waals surface area contributed by atoms with E-state index in [9.17, 15) is 14.9 Å². The quantitative estimate of drug-likeness (QED) is 0.669. The number of halogens is 2. The number of nitrogens with one attached hydrogen (secondary N) is 1. The first-order valence-corrected chi connectivity index (χ1v) is 6.77. The lowest BCUT2D eigenvalue weighted by Crippen LogP contribution is -2.13. The molecule has 0 fully saturated rings. The second-order valence-electron chi connectivity index (χ2n) is 4.22. The van der Waals surface area contributed by atoms with Gasteiger partial charge in [0.05, 0.1) is 34.4 Å². The number of carbonyl (C=O) groups excluding carboxylic acids is 1.